The largest absolute Gasteiger partial charge is 0.496 e. The second-order valence-corrected chi connectivity index (χ2v) is 5.23. The zero-order valence-corrected chi connectivity index (χ0v) is 16.9. The molecule has 134 valence electrons. The number of nitrogens with one attached hydrogen (secondary N) is 2. The minimum absolute atomic E-state index is 0. The van der Waals surface area contributed by atoms with Gasteiger partial charge in [-0.3, -0.25) is 4.99 Å². The Kier molecular flexibility index (Phi) is 8.73. The van der Waals surface area contributed by atoms with Crippen LogP contribution < -0.4 is 24.8 Å². The van der Waals surface area contributed by atoms with Crippen LogP contribution in [0.25, 0.3) is 0 Å². The van der Waals surface area contributed by atoms with Crippen molar-refractivity contribution in [3.8, 4) is 17.2 Å². The average molecular weight is 447 g/mol. The van der Waals surface area contributed by atoms with Gasteiger partial charge in [-0.2, -0.15) is 0 Å². The predicted octanol–water partition coefficient (Wildman–Crippen LogP) is 2.71. The van der Waals surface area contributed by atoms with Gasteiger partial charge in [0.2, 0.25) is 0 Å². The fourth-order valence-corrected chi connectivity index (χ4v) is 2.53. The van der Waals surface area contributed by atoms with Crippen molar-refractivity contribution in [2.75, 3.05) is 28.4 Å². The molecule has 1 aliphatic rings. The first kappa shape index (κ1) is 20.4. The summed E-state index contributed by atoms with van der Waals surface area (Å²) >= 11 is 0. The minimum atomic E-state index is 0. The van der Waals surface area contributed by atoms with Crippen LogP contribution in [-0.2, 0) is 6.54 Å². The number of aliphatic imine (C=N–C) groups is 1. The normalized spacial score (nSPS) is 14.1. The summed E-state index contributed by atoms with van der Waals surface area (Å²) in [5.74, 6) is 2.84. The number of ether oxygens (including phenoxy) is 3. The standard InChI is InChI=1S/C17H25N3O3.HI/c1-18-17(20-13-7-5-6-8-13)19-11-12-9-15(22-3)16(23-4)10-14(12)21-2;/h5-6,9-10,13H,7-8,11H2,1-4H3,(H2,18,19,20);1H. The van der Waals surface area contributed by atoms with Crippen molar-refractivity contribution in [1.82, 2.24) is 10.6 Å². The summed E-state index contributed by atoms with van der Waals surface area (Å²) < 4.78 is 16.1. The lowest BCUT2D eigenvalue weighted by Crippen LogP contribution is -2.42. The zero-order chi connectivity index (χ0) is 16.7. The third-order valence-corrected chi connectivity index (χ3v) is 3.81. The van der Waals surface area contributed by atoms with E-state index in [-0.39, 0.29) is 24.0 Å². The molecule has 0 bridgehead atoms. The van der Waals surface area contributed by atoms with Crippen molar-refractivity contribution in [1.29, 1.82) is 0 Å². The quantitative estimate of drug-likeness (QED) is 0.304. The molecule has 1 aliphatic carbocycles. The number of guanidine groups is 1. The summed E-state index contributed by atoms with van der Waals surface area (Å²) in [6.45, 7) is 0.573. The summed E-state index contributed by atoms with van der Waals surface area (Å²) in [7, 11) is 6.64. The first-order chi connectivity index (χ1) is 11.2. The Morgan fingerprint density at radius 1 is 1.04 bits per heavy atom. The van der Waals surface area contributed by atoms with Gasteiger partial charge in [-0.1, -0.05) is 12.2 Å². The molecule has 0 saturated heterocycles. The Hall–Kier alpha value is -1.64. The molecular weight excluding hydrogens is 421 g/mol. The number of nitrogens with zero attached hydrogens (tertiary/aromatic N) is 1. The summed E-state index contributed by atoms with van der Waals surface area (Å²) in [5, 5.41) is 6.71. The van der Waals surface area contributed by atoms with Crippen LogP contribution in [0.2, 0.25) is 0 Å². The molecule has 0 spiro atoms. The Bertz CT molecular complexity index is 583. The second kappa shape index (κ2) is 10.3. The van der Waals surface area contributed by atoms with Crippen molar-refractivity contribution in [3.63, 3.8) is 0 Å². The van der Waals surface area contributed by atoms with Gasteiger partial charge in [0.15, 0.2) is 17.5 Å². The fraction of sp³-hybridized carbons (Fsp3) is 0.471. The molecule has 0 fully saturated rings. The van der Waals surface area contributed by atoms with Gasteiger partial charge in [-0.25, -0.2) is 0 Å². The maximum Gasteiger partial charge on any atom is 0.191 e. The van der Waals surface area contributed by atoms with E-state index in [0.29, 0.717) is 24.1 Å². The lowest BCUT2D eigenvalue weighted by Gasteiger charge is -2.18. The molecule has 0 aliphatic heterocycles. The number of methoxy groups -OCH3 is 3. The van der Waals surface area contributed by atoms with E-state index in [1.807, 2.05) is 12.1 Å². The van der Waals surface area contributed by atoms with Crippen LogP contribution >= 0.6 is 24.0 Å². The van der Waals surface area contributed by atoms with E-state index in [0.717, 1.165) is 30.1 Å². The molecule has 24 heavy (non-hydrogen) atoms. The molecular formula is C17H26IN3O3. The Morgan fingerprint density at radius 3 is 2.17 bits per heavy atom. The molecule has 0 saturated carbocycles. The summed E-state index contributed by atoms with van der Waals surface area (Å²) in [6.07, 6.45) is 6.42. The molecule has 0 heterocycles. The van der Waals surface area contributed by atoms with E-state index in [1.165, 1.54) is 0 Å². The highest BCUT2D eigenvalue weighted by Gasteiger charge is 2.14. The Balaban J connectivity index is 0.00000288. The molecule has 1 aromatic rings. The molecule has 1 aromatic carbocycles. The number of hydrogen-bond donors (Lipinski definition) is 2. The third-order valence-electron chi connectivity index (χ3n) is 3.81. The Labute approximate surface area is 160 Å². The maximum absolute atomic E-state index is 5.44. The smallest absolute Gasteiger partial charge is 0.191 e. The highest BCUT2D eigenvalue weighted by Crippen LogP contribution is 2.34. The molecule has 2 N–H and O–H groups in total. The third kappa shape index (κ3) is 5.19. The van der Waals surface area contributed by atoms with E-state index in [4.69, 9.17) is 14.2 Å². The van der Waals surface area contributed by atoms with Gasteiger partial charge in [0.25, 0.3) is 0 Å². The van der Waals surface area contributed by atoms with Crippen LogP contribution in [0, 0.1) is 0 Å². The zero-order valence-electron chi connectivity index (χ0n) is 14.6. The highest BCUT2D eigenvalue weighted by molar-refractivity contribution is 14.0. The highest BCUT2D eigenvalue weighted by atomic mass is 127. The molecule has 0 atom stereocenters. The molecule has 2 rings (SSSR count). The first-order valence-corrected chi connectivity index (χ1v) is 7.62. The van der Waals surface area contributed by atoms with Gasteiger partial charge in [-0.15, -0.1) is 24.0 Å². The predicted molar refractivity (Wildman–Crippen MR) is 107 cm³/mol. The number of benzene rings is 1. The lowest BCUT2D eigenvalue weighted by molar-refractivity contribution is 0.347. The van der Waals surface area contributed by atoms with Crippen LogP contribution in [-0.4, -0.2) is 40.4 Å². The van der Waals surface area contributed by atoms with E-state index in [9.17, 15) is 0 Å². The van der Waals surface area contributed by atoms with E-state index >= 15 is 0 Å². The lowest BCUT2D eigenvalue weighted by atomic mass is 10.1. The van der Waals surface area contributed by atoms with Gasteiger partial charge in [-0.05, 0) is 18.9 Å². The van der Waals surface area contributed by atoms with Gasteiger partial charge in [0.05, 0.1) is 21.3 Å². The molecule has 0 amide bonds. The fourth-order valence-electron chi connectivity index (χ4n) is 2.53. The van der Waals surface area contributed by atoms with Gasteiger partial charge in [0, 0.05) is 31.3 Å². The molecule has 0 aromatic heterocycles. The van der Waals surface area contributed by atoms with Crippen LogP contribution in [0.4, 0.5) is 0 Å². The minimum Gasteiger partial charge on any atom is -0.496 e. The van der Waals surface area contributed by atoms with Crippen molar-refractivity contribution >= 4 is 29.9 Å². The van der Waals surface area contributed by atoms with E-state index in [2.05, 4.69) is 27.8 Å². The van der Waals surface area contributed by atoms with Crippen LogP contribution in [0.5, 0.6) is 17.2 Å². The van der Waals surface area contributed by atoms with Crippen molar-refractivity contribution in [2.24, 2.45) is 4.99 Å². The van der Waals surface area contributed by atoms with Gasteiger partial charge < -0.3 is 24.8 Å². The Morgan fingerprint density at radius 2 is 1.62 bits per heavy atom. The second-order valence-electron chi connectivity index (χ2n) is 5.23. The summed E-state index contributed by atoms with van der Waals surface area (Å²) in [4.78, 5) is 4.27. The van der Waals surface area contributed by atoms with Crippen LogP contribution in [0.1, 0.15) is 18.4 Å². The molecule has 0 radical (unpaired) electrons. The number of rotatable bonds is 6. The number of hydrogen-bond acceptors (Lipinski definition) is 4. The molecule has 0 unspecified atom stereocenters. The molecule has 7 heteroatoms. The first-order valence-electron chi connectivity index (χ1n) is 7.62. The summed E-state index contributed by atoms with van der Waals surface area (Å²) in [5.41, 5.74) is 0.970. The van der Waals surface area contributed by atoms with Crippen LogP contribution in [0.3, 0.4) is 0 Å². The number of halogens is 1. The van der Waals surface area contributed by atoms with E-state index in [1.54, 1.807) is 28.4 Å². The topological polar surface area (TPSA) is 64.1 Å². The van der Waals surface area contributed by atoms with Gasteiger partial charge >= 0.3 is 0 Å². The van der Waals surface area contributed by atoms with Crippen molar-refractivity contribution in [3.05, 3.63) is 29.8 Å². The monoisotopic (exact) mass is 447 g/mol. The summed E-state index contributed by atoms with van der Waals surface area (Å²) in [6, 6.07) is 4.15. The molecule has 6 nitrogen and oxygen atoms in total. The SMILES string of the molecule is CN=C(NCc1cc(OC)c(OC)cc1OC)NC1CC=CC1.I. The van der Waals surface area contributed by atoms with Crippen molar-refractivity contribution < 1.29 is 14.2 Å². The van der Waals surface area contributed by atoms with Crippen molar-refractivity contribution in [2.45, 2.75) is 25.4 Å². The van der Waals surface area contributed by atoms with E-state index < -0.39 is 0 Å². The average Bonchev–Trinajstić information content (AvgIpc) is 3.10. The van der Waals surface area contributed by atoms with Crippen LogP contribution in [0.15, 0.2) is 29.3 Å². The maximum atomic E-state index is 5.44. The van der Waals surface area contributed by atoms with Gasteiger partial charge in [0.1, 0.15) is 5.75 Å².